The Morgan fingerprint density at radius 3 is 2.47 bits per heavy atom. The number of phenolic OH excluding ortho intramolecular Hbond substituents is 1. The van der Waals surface area contributed by atoms with Gasteiger partial charge in [-0.05, 0) is 88.9 Å². The predicted octanol–water partition coefficient (Wildman–Crippen LogP) is 7.68. The van der Waals surface area contributed by atoms with Crippen LogP contribution in [0.4, 0.5) is 5.82 Å². The Morgan fingerprint density at radius 1 is 0.956 bits per heavy atom. The van der Waals surface area contributed by atoms with Crippen LogP contribution in [-0.2, 0) is 29.4 Å². The SMILES string of the molecule is Cc1cc(-c2ccc(Cn3nc(C)c4c(C)nc(CCc5cccc(Cl)c5)cc43)cc2O)c(S(=O)(=O)Nc2noc(C)c2C)s1. The van der Waals surface area contributed by atoms with Crippen molar-refractivity contribution in [1.82, 2.24) is 19.9 Å². The molecule has 2 aromatic carbocycles. The Hall–Kier alpha value is -4.19. The second-order valence-electron chi connectivity index (χ2n) is 11.2. The highest BCUT2D eigenvalue weighted by Gasteiger charge is 2.26. The molecule has 0 fully saturated rings. The molecule has 0 amide bonds. The van der Waals surface area contributed by atoms with E-state index in [0.717, 1.165) is 73.2 Å². The average molecular weight is 662 g/mol. The van der Waals surface area contributed by atoms with Crippen LogP contribution in [0.5, 0.6) is 5.75 Å². The summed E-state index contributed by atoms with van der Waals surface area (Å²) in [4.78, 5) is 5.64. The maximum atomic E-state index is 13.4. The number of aromatic hydroxyl groups is 1. The van der Waals surface area contributed by atoms with Gasteiger partial charge in [-0.15, -0.1) is 11.3 Å². The van der Waals surface area contributed by atoms with Crippen LogP contribution in [0.2, 0.25) is 5.02 Å². The molecule has 9 nitrogen and oxygen atoms in total. The number of rotatable bonds is 9. The molecule has 0 aliphatic carbocycles. The number of halogens is 1. The summed E-state index contributed by atoms with van der Waals surface area (Å²) in [6.45, 7) is 9.66. The molecule has 232 valence electrons. The third-order valence-electron chi connectivity index (χ3n) is 7.84. The highest BCUT2D eigenvalue weighted by Crippen LogP contribution is 2.40. The van der Waals surface area contributed by atoms with Crippen molar-refractivity contribution in [3.63, 3.8) is 0 Å². The monoisotopic (exact) mass is 661 g/mol. The van der Waals surface area contributed by atoms with Gasteiger partial charge >= 0.3 is 0 Å². The molecule has 0 spiro atoms. The number of anilines is 1. The van der Waals surface area contributed by atoms with E-state index in [1.807, 2.05) is 49.7 Å². The molecule has 0 saturated carbocycles. The molecule has 45 heavy (non-hydrogen) atoms. The Morgan fingerprint density at radius 2 is 1.76 bits per heavy atom. The van der Waals surface area contributed by atoms with Crippen LogP contribution in [0.1, 0.15) is 44.4 Å². The lowest BCUT2D eigenvalue weighted by atomic mass is 10.0. The van der Waals surface area contributed by atoms with Crippen LogP contribution < -0.4 is 4.72 Å². The van der Waals surface area contributed by atoms with Crippen molar-refractivity contribution >= 4 is 49.7 Å². The standard InChI is InChI=1S/C33H32ClN5O4S2/c1-18-13-28(33(44-18)45(41,42)38-32-19(2)22(5)43-37-32)27-12-10-24(15-30(27)40)17-39-29-16-26(35-20(3)31(29)21(4)36-39)11-9-23-7-6-8-25(34)14-23/h6-8,10,12-16,40H,9,11,17H2,1-5H3,(H,37,38). The lowest BCUT2D eigenvalue weighted by molar-refractivity contribution is 0.399. The fourth-order valence-electron chi connectivity index (χ4n) is 5.51. The number of benzene rings is 2. The van der Waals surface area contributed by atoms with E-state index in [1.54, 1.807) is 32.0 Å². The number of hydrogen-bond donors (Lipinski definition) is 2. The number of aryl methyl sites for hydroxylation is 6. The molecule has 4 aromatic heterocycles. The number of phenols is 1. The van der Waals surface area contributed by atoms with Gasteiger partial charge in [0.25, 0.3) is 10.0 Å². The number of pyridine rings is 1. The molecule has 6 rings (SSSR count). The Kier molecular flexibility index (Phi) is 8.19. The third kappa shape index (κ3) is 6.20. The van der Waals surface area contributed by atoms with Crippen LogP contribution in [-0.4, -0.2) is 33.4 Å². The van der Waals surface area contributed by atoms with Crippen molar-refractivity contribution in [2.75, 3.05) is 4.72 Å². The zero-order valence-corrected chi connectivity index (χ0v) is 27.9. The molecule has 0 bridgehead atoms. The van der Waals surface area contributed by atoms with Gasteiger partial charge in [-0.3, -0.25) is 14.4 Å². The van der Waals surface area contributed by atoms with E-state index in [2.05, 4.69) is 22.0 Å². The fraction of sp³-hybridized carbons (Fsp3) is 0.242. The van der Waals surface area contributed by atoms with Gasteiger partial charge < -0.3 is 9.63 Å². The first-order chi connectivity index (χ1) is 21.4. The smallest absolute Gasteiger partial charge is 0.273 e. The molecule has 4 heterocycles. The van der Waals surface area contributed by atoms with Gasteiger partial charge in [0.15, 0.2) is 5.82 Å². The summed E-state index contributed by atoms with van der Waals surface area (Å²) in [6, 6.07) is 17.0. The van der Waals surface area contributed by atoms with E-state index >= 15 is 0 Å². The summed E-state index contributed by atoms with van der Waals surface area (Å²) < 4.78 is 36.5. The Labute approximate surface area is 270 Å². The van der Waals surface area contributed by atoms with Crippen LogP contribution in [0.3, 0.4) is 0 Å². The number of sulfonamides is 1. The van der Waals surface area contributed by atoms with Crippen LogP contribution in [0, 0.1) is 34.6 Å². The van der Waals surface area contributed by atoms with E-state index < -0.39 is 10.0 Å². The normalized spacial score (nSPS) is 11.9. The Bertz CT molecular complexity index is 2180. The molecule has 6 aromatic rings. The summed E-state index contributed by atoms with van der Waals surface area (Å²) >= 11 is 7.30. The minimum atomic E-state index is -4.00. The number of nitrogens with zero attached hydrogens (tertiary/aromatic N) is 4. The van der Waals surface area contributed by atoms with Gasteiger partial charge in [0, 0.05) is 43.4 Å². The fourth-order valence-corrected chi connectivity index (χ4v) is 8.43. The summed E-state index contributed by atoms with van der Waals surface area (Å²) in [5.41, 5.74) is 7.15. The summed E-state index contributed by atoms with van der Waals surface area (Å²) in [6.07, 6.45) is 1.57. The molecule has 0 unspecified atom stereocenters. The molecule has 0 aliphatic heterocycles. The Balaban J connectivity index is 1.28. The molecule has 2 N–H and O–H groups in total. The number of thiophene rings is 1. The van der Waals surface area contributed by atoms with Crippen LogP contribution in [0.25, 0.3) is 22.0 Å². The van der Waals surface area contributed by atoms with Gasteiger partial charge in [0.05, 0.1) is 17.8 Å². The maximum absolute atomic E-state index is 13.4. The lowest BCUT2D eigenvalue weighted by Gasteiger charge is -2.11. The lowest BCUT2D eigenvalue weighted by Crippen LogP contribution is -2.13. The van der Waals surface area contributed by atoms with Crippen molar-refractivity contribution < 1.29 is 18.0 Å². The van der Waals surface area contributed by atoms with Gasteiger partial charge in [-0.1, -0.05) is 41.0 Å². The summed E-state index contributed by atoms with van der Waals surface area (Å²) in [7, 11) is -4.00. The number of aromatic nitrogens is 4. The molecular formula is C33H32ClN5O4S2. The number of fused-ring (bicyclic) bond motifs is 1. The first-order valence-electron chi connectivity index (χ1n) is 14.4. The number of nitrogens with one attached hydrogen (secondary N) is 1. The van der Waals surface area contributed by atoms with Crippen LogP contribution >= 0.6 is 22.9 Å². The molecule has 0 atom stereocenters. The van der Waals surface area contributed by atoms with E-state index in [1.165, 1.54) is 0 Å². The quantitative estimate of drug-likeness (QED) is 0.163. The molecule has 0 aliphatic rings. The third-order valence-corrected chi connectivity index (χ3v) is 11.0. The maximum Gasteiger partial charge on any atom is 0.273 e. The highest BCUT2D eigenvalue weighted by molar-refractivity contribution is 7.94. The van der Waals surface area contributed by atoms with Crippen molar-refractivity contribution in [3.05, 3.63) is 104 Å². The zero-order chi connectivity index (χ0) is 32.0. The molecular weight excluding hydrogens is 630 g/mol. The van der Waals surface area contributed by atoms with Crippen molar-refractivity contribution in [3.8, 4) is 16.9 Å². The minimum Gasteiger partial charge on any atom is -0.507 e. The van der Waals surface area contributed by atoms with E-state index in [0.29, 0.717) is 29.0 Å². The average Bonchev–Trinajstić information content (AvgIpc) is 3.63. The van der Waals surface area contributed by atoms with Crippen molar-refractivity contribution in [2.45, 2.75) is 58.2 Å². The van der Waals surface area contributed by atoms with Crippen LogP contribution in [0.15, 0.2) is 63.3 Å². The topological polar surface area (TPSA) is 123 Å². The van der Waals surface area contributed by atoms with Crippen molar-refractivity contribution in [2.24, 2.45) is 0 Å². The highest BCUT2D eigenvalue weighted by atomic mass is 35.5. The summed E-state index contributed by atoms with van der Waals surface area (Å²) in [5, 5.41) is 21.5. The first-order valence-corrected chi connectivity index (χ1v) is 17.0. The zero-order valence-electron chi connectivity index (χ0n) is 25.5. The second kappa shape index (κ2) is 12.0. The molecule has 0 saturated heterocycles. The summed E-state index contributed by atoms with van der Waals surface area (Å²) in [5.74, 6) is 0.649. The molecule has 0 radical (unpaired) electrons. The molecule has 12 heteroatoms. The number of hydrogen-bond acceptors (Lipinski definition) is 8. The van der Waals surface area contributed by atoms with Crippen molar-refractivity contribution in [1.29, 1.82) is 0 Å². The van der Waals surface area contributed by atoms with Gasteiger partial charge in [0.2, 0.25) is 0 Å². The van der Waals surface area contributed by atoms with Gasteiger partial charge in [-0.25, -0.2) is 8.42 Å². The first kappa shape index (κ1) is 30.8. The largest absolute Gasteiger partial charge is 0.507 e. The minimum absolute atomic E-state index is 0.0246. The predicted molar refractivity (Wildman–Crippen MR) is 178 cm³/mol. The second-order valence-corrected chi connectivity index (χ2v) is 14.8. The van der Waals surface area contributed by atoms with E-state index in [4.69, 9.17) is 26.2 Å². The van der Waals surface area contributed by atoms with E-state index in [9.17, 15) is 13.5 Å². The van der Waals surface area contributed by atoms with Gasteiger partial charge in [0.1, 0.15) is 15.7 Å². The van der Waals surface area contributed by atoms with Gasteiger partial charge in [-0.2, -0.15) is 5.10 Å². The van der Waals surface area contributed by atoms with E-state index in [-0.39, 0.29) is 15.8 Å².